The largest absolute Gasteiger partial charge is 0.496 e. The highest BCUT2D eigenvalue weighted by atomic mass is 19.1. The van der Waals surface area contributed by atoms with Crippen LogP contribution in [0.25, 0.3) is 5.57 Å². The summed E-state index contributed by atoms with van der Waals surface area (Å²) >= 11 is 0. The van der Waals surface area contributed by atoms with Crippen LogP contribution in [0.1, 0.15) is 47.7 Å². The van der Waals surface area contributed by atoms with Gasteiger partial charge in [-0.15, -0.1) is 0 Å². The van der Waals surface area contributed by atoms with Gasteiger partial charge in [-0.05, 0) is 49.6 Å². The molecule has 1 aromatic rings. The van der Waals surface area contributed by atoms with Crippen LogP contribution in [0.2, 0.25) is 0 Å². The lowest BCUT2D eigenvalue weighted by molar-refractivity contribution is -0.137. The Bertz CT molecular complexity index is 749. The van der Waals surface area contributed by atoms with Gasteiger partial charge in [0.05, 0.1) is 13.7 Å². The van der Waals surface area contributed by atoms with E-state index in [9.17, 15) is 14.0 Å². The summed E-state index contributed by atoms with van der Waals surface area (Å²) < 4.78 is 24.2. The smallest absolute Gasteiger partial charge is 0.303 e. The Hall–Kier alpha value is -2.63. The van der Waals surface area contributed by atoms with Crippen LogP contribution in [0.15, 0.2) is 30.0 Å². The third-order valence-corrected chi connectivity index (χ3v) is 4.24. The monoisotopic (exact) mass is 362 g/mol. The number of benzene rings is 1. The highest BCUT2D eigenvalue weighted by Crippen LogP contribution is 2.37. The molecule has 6 heteroatoms. The number of aliphatic carboxylic acids is 1. The number of carbonyl (C=O) groups excluding carboxylic acids is 1. The zero-order chi connectivity index (χ0) is 19.1. The molecule has 0 bridgehead atoms. The summed E-state index contributed by atoms with van der Waals surface area (Å²) in [4.78, 5) is 22.7. The summed E-state index contributed by atoms with van der Waals surface area (Å²) in [5.41, 5.74) is 2.70. The van der Waals surface area contributed by atoms with Crippen molar-refractivity contribution in [1.82, 2.24) is 0 Å². The van der Waals surface area contributed by atoms with Gasteiger partial charge in [0.15, 0.2) is 5.78 Å². The molecule has 0 saturated heterocycles. The molecule has 5 nitrogen and oxygen atoms in total. The molecular formula is C20H23FO5. The van der Waals surface area contributed by atoms with Crippen molar-refractivity contribution < 1.29 is 28.6 Å². The van der Waals surface area contributed by atoms with Crippen LogP contribution in [-0.4, -0.2) is 37.3 Å². The van der Waals surface area contributed by atoms with Gasteiger partial charge in [0.2, 0.25) is 0 Å². The molecule has 1 aliphatic carbocycles. The first-order valence-electron chi connectivity index (χ1n) is 8.53. The molecule has 0 aliphatic heterocycles. The maximum Gasteiger partial charge on any atom is 0.303 e. The second-order valence-electron chi connectivity index (χ2n) is 5.90. The quantitative estimate of drug-likeness (QED) is 0.409. The summed E-state index contributed by atoms with van der Waals surface area (Å²) in [5, 5.41) is 8.75. The molecule has 2 rings (SSSR count). The summed E-state index contributed by atoms with van der Waals surface area (Å²) in [6.07, 6.45) is 4.55. The van der Waals surface area contributed by atoms with E-state index < -0.39 is 12.6 Å². The number of aryl methyl sites for hydroxylation is 1. The maximum atomic E-state index is 13.1. The number of ketones is 1. The van der Waals surface area contributed by atoms with E-state index in [2.05, 4.69) is 0 Å². The number of Topliss-reactive ketones (excluding diaryl/α,β-unsaturated/α-hetero) is 1. The van der Waals surface area contributed by atoms with Crippen molar-refractivity contribution in [2.75, 3.05) is 20.4 Å². The van der Waals surface area contributed by atoms with Crippen molar-refractivity contribution >= 4 is 17.3 Å². The second-order valence-corrected chi connectivity index (χ2v) is 5.90. The molecule has 0 amide bonds. The molecule has 0 fully saturated rings. The summed E-state index contributed by atoms with van der Waals surface area (Å²) in [5.74, 6) is 0.0882. The van der Waals surface area contributed by atoms with Crippen molar-refractivity contribution in [3.8, 4) is 5.75 Å². The molecule has 26 heavy (non-hydrogen) atoms. The number of carboxylic acid groups (broad SMARTS) is 1. The first-order chi connectivity index (χ1) is 12.5. The normalized spacial score (nSPS) is 14.3. The summed E-state index contributed by atoms with van der Waals surface area (Å²) in [6.45, 7) is 1.30. The molecule has 0 atom stereocenters. The Morgan fingerprint density at radius 3 is 2.73 bits per heavy atom. The number of allylic oxidation sites excluding steroid dienone is 3. The fourth-order valence-electron chi connectivity index (χ4n) is 3.01. The SMILES string of the molecule is C/C=C(OC)\C(=C/CF)c1cc2c(cc1OCCCC(=O)O)C(=O)CC2. The lowest BCUT2D eigenvalue weighted by Crippen LogP contribution is -2.06. The van der Waals surface area contributed by atoms with Crippen molar-refractivity contribution in [3.05, 3.63) is 46.7 Å². The predicted octanol–water partition coefficient (Wildman–Crippen LogP) is 3.96. The number of hydrogen-bond acceptors (Lipinski definition) is 4. The molecule has 0 aromatic heterocycles. The average Bonchev–Trinajstić information content (AvgIpc) is 2.98. The lowest BCUT2D eigenvalue weighted by Gasteiger charge is -2.17. The van der Waals surface area contributed by atoms with Crippen LogP contribution in [0, 0.1) is 0 Å². The average molecular weight is 362 g/mol. The molecule has 0 radical (unpaired) electrons. The van der Waals surface area contributed by atoms with E-state index in [1.165, 1.54) is 13.2 Å². The number of fused-ring (bicyclic) bond motifs is 1. The molecule has 1 aliphatic rings. The number of carboxylic acids is 1. The molecule has 140 valence electrons. The number of hydrogen-bond donors (Lipinski definition) is 1. The van der Waals surface area contributed by atoms with Crippen LogP contribution in [-0.2, 0) is 16.0 Å². The zero-order valence-electron chi connectivity index (χ0n) is 15.0. The van der Waals surface area contributed by atoms with Crippen LogP contribution in [0.5, 0.6) is 5.75 Å². The molecule has 0 unspecified atom stereocenters. The first-order valence-corrected chi connectivity index (χ1v) is 8.53. The Morgan fingerprint density at radius 2 is 2.12 bits per heavy atom. The van der Waals surface area contributed by atoms with Crippen molar-refractivity contribution in [3.63, 3.8) is 0 Å². The predicted molar refractivity (Wildman–Crippen MR) is 96.2 cm³/mol. The van der Waals surface area contributed by atoms with Crippen molar-refractivity contribution in [2.45, 2.75) is 32.6 Å². The van der Waals surface area contributed by atoms with E-state index >= 15 is 0 Å². The van der Waals surface area contributed by atoms with E-state index in [-0.39, 0.29) is 18.8 Å². The summed E-state index contributed by atoms with van der Waals surface area (Å²) in [6, 6.07) is 3.52. The van der Waals surface area contributed by atoms with Crippen LogP contribution >= 0.6 is 0 Å². The van der Waals surface area contributed by atoms with E-state index in [4.69, 9.17) is 14.6 Å². The van der Waals surface area contributed by atoms with Crippen LogP contribution < -0.4 is 4.74 Å². The van der Waals surface area contributed by atoms with Crippen molar-refractivity contribution in [2.24, 2.45) is 0 Å². The maximum absolute atomic E-state index is 13.1. The Kier molecular flexibility index (Phi) is 6.95. The van der Waals surface area contributed by atoms with E-state index in [1.54, 1.807) is 19.1 Å². The second kappa shape index (κ2) is 9.17. The minimum atomic E-state index is -0.897. The number of rotatable bonds is 9. The van der Waals surface area contributed by atoms with Gasteiger partial charge in [-0.3, -0.25) is 9.59 Å². The fourth-order valence-corrected chi connectivity index (χ4v) is 3.01. The fraction of sp³-hybridized carbons (Fsp3) is 0.400. The van der Waals surface area contributed by atoms with Gasteiger partial charge in [0.1, 0.15) is 18.2 Å². The Labute approximate surface area is 152 Å². The molecule has 1 aromatic carbocycles. The molecular weight excluding hydrogens is 339 g/mol. The number of alkyl halides is 1. The van der Waals surface area contributed by atoms with E-state index in [1.807, 2.05) is 6.07 Å². The number of carbonyl (C=O) groups is 2. The van der Waals surface area contributed by atoms with Crippen LogP contribution in [0.3, 0.4) is 0 Å². The zero-order valence-corrected chi connectivity index (χ0v) is 15.0. The third-order valence-electron chi connectivity index (χ3n) is 4.24. The standard InChI is InChI=1S/C20H23FO5/c1-3-18(25-2)14(8-9-21)16-11-13-6-7-17(22)15(13)12-19(16)26-10-4-5-20(23)24/h3,8,11-12H,4-7,9-10H2,1-2H3,(H,23,24)/b14-8-,18-3+. The van der Waals surface area contributed by atoms with E-state index in [0.717, 1.165) is 5.56 Å². The highest BCUT2D eigenvalue weighted by molar-refractivity contribution is 6.01. The number of halogens is 1. The van der Waals surface area contributed by atoms with Gasteiger partial charge >= 0.3 is 5.97 Å². The van der Waals surface area contributed by atoms with Gasteiger partial charge in [-0.25, -0.2) is 4.39 Å². The summed E-state index contributed by atoms with van der Waals surface area (Å²) in [7, 11) is 1.51. The van der Waals surface area contributed by atoms with Gasteiger partial charge < -0.3 is 14.6 Å². The van der Waals surface area contributed by atoms with Crippen LogP contribution in [0.4, 0.5) is 4.39 Å². The Morgan fingerprint density at radius 1 is 1.35 bits per heavy atom. The highest BCUT2D eigenvalue weighted by Gasteiger charge is 2.24. The minimum absolute atomic E-state index is 0.00936. The van der Waals surface area contributed by atoms with E-state index in [0.29, 0.717) is 47.5 Å². The molecule has 0 saturated carbocycles. The van der Waals surface area contributed by atoms with Gasteiger partial charge in [0.25, 0.3) is 0 Å². The number of methoxy groups -OCH3 is 1. The lowest BCUT2D eigenvalue weighted by atomic mass is 9.97. The van der Waals surface area contributed by atoms with Gasteiger partial charge in [-0.2, -0.15) is 0 Å². The molecule has 1 N–H and O–H groups in total. The minimum Gasteiger partial charge on any atom is -0.496 e. The molecule has 0 spiro atoms. The topological polar surface area (TPSA) is 72.8 Å². The van der Waals surface area contributed by atoms with Crippen molar-refractivity contribution in [1.29, 1.82) is 0 Å². The van der Waals surface area contributed by atoms with Gasteiger partial charge in [-0.1, -0.05) is 0 Å². The molecule has 0 heterocycles. The van der Waals surface area contributed by atoms with Gasteiger partial charge in [0, 0.05) is 29.5 Å². The number of ether oxygens (including phenoxy) is 2. The first kappa shape index (κ1) is 19.7. The Balaban J connectivity index is 2.43. The third kappa shape index (κ3) is 4.50.